The lowest BCUT2D eigenvalue weighted by Crippen LogP contribution is -2.09. The number of benzene rings is 1. The molecule has 0 atom stereocenters. The van der Waals surface area contributed by atoms with Gasteiger partial charge in [-0.15, -0.1) is 0 Å². The highest BCUT2D eigenvalue weighted by molar-refractivity contribution is 9.10. The van der Waals surface area contributed by atoms with Gasteiger partial charge in [-0.05, 0) is 28.1 Å². The zero-order valence-corrected chi connectivity index (χ0v) is 9.88. The summed E-state index contributed by atoms with van der Waals surface area (Å²) < 4.78 is 27.1. The summed E-state index contributed by atoms with van der Waals surface area (Å²) >= 11 is 2.88. The van der Waals surface area contributed by atoms with E-state index in [1.54, 1.807) is 0 Å². The SMILES string of the molecule is Nc1[nH]ncc1C(=O)c1c(F)ccc(Br)c1F. The lowest BCUT2D eigenvalue weighted by molar-refractivity contribution is 0.103. The van der Waals surface area contributed by atoms with Crippen molar-refractivity contribution in [2.45, 2.75) is 0 Å². The summed E-state index contributed by atoms with van der Waals surface area (Å²) in [5, 5.41) is 5.85. The fraction of sp³-hybridized carbons (Fsp3) is 0. The maximum atomic E-state index is 13.7. The number of halogens is 3. The summed E-state index contributed by atoms with van der Waals surface area (Å²) in [6, 6.07) is 2.18. The van der Waals surface area contributed by atoms with E-state index in [0.717, 1.165) is 12.3 Å². The molecule has 0 bridgehead atoms. The van der Waals surface area contributed by atoms with E-state index in [0.29, 0.717) is 0 Å². The zero-order valence-electron chi connectivity index (χ0n) is 8.30. The van der Waals surface area contributed by atoms with Crippen molar-refractivity contribution in [1.82, 2.24) is 10.2 Å². The van der Waals surface area contributed by atoms with E-state index >= 15 is 0 Å². The van der Waals surface area contributed by atoms with Gasteiger partial charge in [0.2, 0.25) is 5.78 Å². The highest BCUT2D eigenvalue weighted by atomic mass is 79.9. The molecule has 7 heteroatoms. The van der Waals surface area contributed by atoms with Crippen LogP contribution in [0.3, 0.4) is 0 Å². The number of ketones is 1. The third-order valence-corrected chi connectivity index (χ3v) is 2.80. The summed E-state index contributed by atoms with van der Waals surface area (Å²) in [6.07, 6.45) is 1.12. The molecule has 0 aliphatic carbocycles. The average molecular weight is 302 g/mol. The minimum absolute atomic E-state index is 0.00400. The molecular formula is C10H6BrF2N3O. The van der Waals surface area contributed by atoms with E-state index in [4.69, 9.17) is 5.73 Å². The molecular weight excluding hydrogens is 296 g/mol. The average Bonchev–Trinajstić information content (AvgIpc) is 2.70. The molecule has 0 saturated carbocycles. The molecule has 1 aromatic heterocycles. The van der Waals surface area contributed by atoms with E-state index in [9.17, 15) is 13.6 Å². The summed E-state index contributed by atoms with van der Waals surface area (Å²) in [7, 11) is 0. The number of nitrogens with two attached hydrogens (primary N) is 1. The van der Waals surface area contributed by atoms with Gasteiger partial charge < -0.3 is 5.73 Å². The Morgan fingerprint density at radius 3 is 2.71 bits per heavy atom. The van der Waals surface area contributed by atoms with Gasteiger partial charge in [0.1, 0.15) is 11.6 Å². The molecule has 88 valence electrons. The van der Waals surface area contributed by atoms with Crippen LogP contribution in [0.4, 0.5) is 14.6 Å². The molecule has 0 unspecified atom stereocenters. The first-order valence-electron chi connectivity index (χ1n) is 4.49. The standard InChI is InChI=1S/C10H6BrF2N3O/c11-5-1-2-6(12)7(8(5)13)9(17)4-3-15-16-10(4)14/h1-3H,(H3,14,15,16). The van der Waals surface area contributed by atoms with E-state index in [1.807, 2.05) is 0 Å². The molecule has 0 aliphatic heterocycles. The number of anilines is 1. The molecule has 1 heterocycles. The molecule has 17 heavy (non-hydrogen) atoms. The van der Waals surface area contributed by atoms with Crippen molar-refractivity contribution in [2.75, 3.05) is 5.73 Å². The number of carbonyl (C=O) groups excluding carboxylic acids is 1. The van der Waals surface area contributed by atoms with Crippen LogP contribution < -0.4 is 5.73 Å². The van der Waals surface area contributed by atoms with Crippen molar-refractivity contribution in [3.63, 3.8) is 0 Å². The fourth-order valence-electron chi connectivity index (χ4n) is 1.35. The van der Waals surface area contributed by atoms with Gasteiger partial charge in [0.25, 0.3) is 0 Å². The molecule has 0 spiro atoms. The van der Waals surface area contributed by atoms with E-state index in [-0.39, 0.29) is 15.9 Å². The van der Waals surface area contributed by atoms with Gasteiger partial charge in [0, 0.05) is 0 Å². The number of nitrogens with one attached hydrogen (secondary N) is 1. The van der Waals surface area contributed by atoms with Crippen LogP contribution in [0, 0.1) is 11.6 Å². The highest BCUT2D eigenvalue weighted by Crippen LogP contribution is 2.24. The second-order valence-corrected chi connectivity index (χ2v) is 4.10. The first-order chi connectivity index (χ1) is 8.02. The smallest absolute Gasteiger partial charge is 0.204 e. The van der Waals surface area contributed by atoms with Crippen LogP contribution in [0.1, 0.15) is 15.9 Å². The Balaban J connectivity index is 2.59. The molecule has 0 aliphatic rings. The second kappa shape index (κ2) is 4.25. The number of carbonyl (C=O) groups is 1. The molecule has 0 fully saturated rings. The van der Waals surface area contributed by atoms with E-state index in [2.05, 4.69) is 26.1 Å². The third-order valence-electron chi connectivity index (χ3n) is 2.18. The van der Waals surface area contributed by atoms with Gasteiger partial charge in [-0.2, -0.15) is 5.10 Å². The maximum absolute atomic E-state index is 13.7. The van der Waals surface area contributed by atoms with Gasteiger partial charge in [-0.3, -0.25) is 9.89 Å². The van der Waals surface area contributed by atoms with Gasteiger partial charge >= 0.3 is 0 Å². The minimum atomic E-state index is -0.962. The first kappa shape index (κ1) is 11.7. The summed E-state index contributed by atoms with van der Waals surface area (Å²) in [5.74, 6) is -2.80. The maximum Gasteiger partial charge on any atom is 0.204 e. The number of nitrogens with zero attached hydrogens (tertiary/aromatic N) is 1. The number of rotatable bonds is 2. The second-order valence-electron chi connectivity index (χ2n) is 3.24. The van der Waals surface area contributed by atoms with Crippen LogP contribution in [0.5, 0.6) is 0 Å². The van der Waals surface area contributed by atoms with Crippen molar-refractivity contribution in [2.24, 2.45) is 0 Å². The molecule has 4 nitrogen and oxygen atoms in total. The van der Waals surface area contributed by atoms with Gasteiger partial charge in [-0.1, -0.05) is 0 Å². The first-order valence-corrected chi connectivity index (χ1v) is 5.28. The van der Waals surface area contributed by atoms with Crippen LogP contribution in [0.25, 0.3) is 0 Å². The number of H-pyrrole nitrogens is 1. The highest BCUT2D eigenvalue weighted by Gasteiger charge is 2.23. The molecule has 2 rings (SSSR count). The predicted octanol–water partition coefficient (Wildman–Crippen LogP) is 2.26. The van der Waals surface area contributed by atoms with Crippen molar-refractivity contribution >= 4 is 27.5 Å². The molecule has 3 N–H and O–H groups in total. The summed E-state index contributed by atoms with van der Waals surface area (Å²) in [5.41, 5.74) is 4.69. The van der Waals surface area contributed by atoms with Crippen LogP contribution in [-0.2, 0) is 0 Å². The Hall–Kier alpha value is -1.76. The monoisotopic (exact) mass is 301 g/mol. The lowest BCUT2D eigenvalue weighted by atomic mass is 10.0. The zero-order chi connectivity index (χ0) is 12.6. The molecule has 0 radical (unpaired) electrons. The van der Waals surface area contributed by atoms with Crippen LogP contribution in [0.15, 0.2) is 22.8 Å². The number of aromatic nitrogens is 2. The van der Waals surface area contributed by atoms with Gasteiger partial charge in [0.15, 0.2) is 5.82 Å². The molecule has 0 amide bonds. The summed E-state index contributed by atoms with van der Waals surface area (Å²) in [6.45, 7) is 0. The van der Waals surface area contributed by atoms with Crippen molar-refractivity contribution in [3.8, 4) is 0 Å². The van der Waals surface area contributed by atoms with Gasteiger partial charge in [0.05, 0.1) is 21.8 Å². The fourth-order valence-corrected chi connectivity index (χ4v) is 1.68. The number of aromatic amines is 1. The van der Waals surface area contributed by atoms with E-state index < -0.39 is 23.0 Å². The number of nitrogen functional groups attached to an aromatic ring is 1. The quantitative estimate of drug-likeness (QED) is 0.660. The number of hydrogen-bond acceptors (Lipinski definition) is 3. The van der Waals surface area contributed by atoms with Crippen LogP contribution >= 0.6 is 15.9 Å². The van der Waals surface area contributed by atoms with Crippen LogP contribution in [0.2, 0.25) is 0 Å². The largest absolute Gasteiger partial charge is 0.383 e. The normalized spacial score (nSPS) is 10.5. The summed E-state index contributed by atoms with van der Waals surface area (Å²) in [4.78, 5) is 11.9. The number of hydrogen-bond donors (Lipinski definition) is 2. The van der Waals surface area contributed by atoms with E-state index in [1.165, 1.54) is 6.07 Å². The lowest BCUT2D eigenvalue weighted by Gasteiger charge is -2.04. The molecule has 0 saturated heterocycles. The topological polar surface area (TPSA) is 71.8 Å². The molecule has 2 aromatic rings. The third kappa shape index (κ3) is 1.93. The Morgan fingerprint density at radius 1 is 1.41 bits per heavy atom. The van der Waals surface area contributed by atoms with Crippen molar-refractivity contribution in [3.05, 3.63) is 45.6 Å². The Morgan fingerprint density at radius 2 is 2.12 bits per heavy atom. The van der Waals surface area contributed by atoms with Crippen molar-refractivity contribution in [1.29, 1.82) is 0 Å². The Labute approximate surface area is 103 Å². The molecule has 1 aromatic carbocycles. The Kier molecular flexibility index (Phi) is 2.93. The Bertz CT molecular complexity index is 597. The van der Waals surface area contributed by atoms with Crippen molar-refractivity contribution < 1.29 is 13.6 Å². The minimum Gasteiger partial charge on any atom is -0.383 e. The van der Waals surface area contributed by atoms with Gasteiger partial charge in [-0.25, -0.2) is 8.78 Å². The predicted molar refractivity (Wildman–Crippen MR) is 60.5 cm³/mol. The van der Waals surface area contributed by atoms with Crippen LogP contribution in [-0.4, -0.2) is 16.0 Å².